The fourth-order valence-electron chi connectivity index (χ4n) is 2.22. The van der Waals surface area contributed by atoms with Crippen molar-refractivity contribution in [2.45, 2.75) is 32.2 Å². The van der Waals surface area contributed by atoms with E-state index in [2.05, 4.69) is 39.6 Å². The second-order valence-electron chi connectivity index (χ2n) is 5.03. The minimum absolute atomic E-state index is 0.288. The molecule has 1 aromatic carbocycles. The van der Waals surface area contributed by atoms with Gasteiger partial charge in [-0.1, -0.05) is 24.6 Å². The molecular weight excluding hydrogens is 373 g/mol. The van der Waals surface area contributed by atoms with Crippen molar-refractivity contribution in [3.05, 3.63) is 55.4 Å². The number of halogens is 3. The van der Waals surface area contributed by atoms with Gasteiger partial charge in [0.15, 0.2) is 0 Å². The van der Waals surface area contributed by atoms with E-state index < -0.39 is 0 Å². The fraction of sp³-hybridized carbons (Fsp3) is 0.375. The topological polar surface area (TPSA) is 12.0 Å². The quantitative estimate of drug-likeness (QED) is 0.662. The van der Waals surface area contributed by atoms with Gasteiger partial charge in [0.05, 0.1) is 0 Å². The summed E-state index contributed by atoms with van der Waals surface area (Å²) in [5.41, 5.74) is 0.988. The van der Waals surface area contributed by atoms with E-state index in [1.807, 2.05) is 0 Å². The maximum atomic E-state index is 13.1. The summed E-state index contributed by atoms with van der Waals surface area (Å²) in [6.45, 7) is 3.12. The summed E-state index contributed by atoms with van der Waals surface area (Å²) in [4.78, 5) is 1.33. The normalized spacial score (nSPS) is 12.6. The third-order valence-electron chi connectivity index (χ3n) is 3.23. The van der Waals surface area contributed by atoms with Crippen molar-refractivity contribution in [2.75, 3.05) is 6.54 Å². The van der Waals surface area contributed by atoms with Crippen molar-refractivity contribution < 1.29 is 4.39 Å². The van der Waals surface area contributed by atoms with E-state index in [1.165, 1.54) is 17.0 Å². The van der Waals surface area contributed by atoms with Gasteiger partial charge in [-0.05, 0) is 65.5 Å². The third kappa shape index (κ3) is 5.37. The molecular formula is C16H18BrClFNS. The summed E-state index contributed by atoms with van der Waals surface area (Å²) < 4.78 is 14.3. The summed E-state index contributed by atoms with van der Waals surface area (Å²) >= 11 is 11.4. The third-order valence-corrected chi connectivity index (χ3v) is 5.31. The molecule has 0 bridgehead atoms. The Morgan fingerprint density at radius 2 is 2.14 bits per heavy atom. The molecule has 114 valence electrons. The zero-order chi connectivity index (χ0) is 15.2. The molecule has 5 heteroatoms. The summed E-state index contributed by atoms with van der Waals surface area (Å²) in [7, 11) is 0. The smallest absolute Gasteiger partial charge is 0.124 e. The lowest BCUT2D eigenvalue weighted by Gasteiger charge is -2.18. The van der Waals surface area contributed by atoms with Gasteiger partial charge in [0.25, 0.3) is 0 Å². The Morgan fingerprint density at radius 3 is 2.76 bits per heavy atom. The zero-order valence-corrected chi connectivity index (χ0v) is 15.0. The Balaban J connectivity index is 2.08. The minimum Gasteiger partial charge on any atom is -0.313 e. The molecule has 1 nitrogen and oxygen atoms in total. The summed E-state index contributed by atoms with van der Waals surface area (Å²) in [6.07, 6.45) is 2.83. The van der Waals surface area contributed by atoms with Gasteiger partial charge in [0, 0.05) is 25.8 Å². The molecule has 0 aliphatic heterocycles. The van der Waals surface area contributed by atoms with Crippen LogP contribution in [0.4, 0.5) is 4.39 Å². The highest BCUT2D eigenvalue weighted by molar-refractivity contribution is 9.10. The molecule has 1 atom stereocenters. The van der Waals surface area contributed by atoms with E-state index in [9.17, 15) is 4.39 Å². The first kappa shape index (κ1) is 16.9. The molecule has 1 heterocycles. The average molecular weight is 391 g/mol. The summed E-state index contributed by atoms with van der Waals surface area (Å²) in [5.74, 6) is -0.288. The highest BCUT2D eigenvalue weighted by Gasteiger charge is 2.13. The van der Waals surface area contributed by atoms with E-state index in [-0.39, 0.29) is 5.82 Å². The van der Waals surface area contributed by atoms with Gasteiger partial charge in [-0.25, -0.2) is 4.39 Å². The Labute approximate surface area is 142 Å². The van der Waals surface area contributed by atoms with Gasteiger partial charge in [-0.2, -0.15) is 0 Å². The fourth-order valence-corrected chi connectivity index (χ4v) is 4.00. The predicted octanol–water partition coefficient (Wildman–Crippen LogP) is 5.46. The van der Waals surface area contributed by atoms with Crippen molar-refractivity contribution in [3.63, 3.8) is 0 Å². The SMILES string of the molecule is CCCNC(Cc1cc(Br)cs1)Cc1ccc(F)cc1Cl. The standard InChI is InChI=1S/C16H18BrClFNS/c1-2-5-20-14(9-15-7-12(17)10-21-15)6-11-3-4-13(19)8-16(11)18/h3-4,7-8,10,14,20H,2,5-6,9H2,1H3. The van der Waals surface area contributed by atoms with Gasteiger partial charge in [-0.15, -0.1) is 11.3 Å². The van der Waals surface area contributed by atoms with Crippen LogP contribution in [0.15, 0.2) is 34.1 Å². The van der Waals surface area contributed by atoms with E-state index in [1.54, 1.807) is 17.4 Å². The molecule has 0 spiro atoms. The molecule has 0 saturated carbocycles. The number of hydrogen-bond donors (Lipinski definition) is 1. The van der Waals surface area contributed by atoms with Crippen LogP contribution in [0.25, 0.3) is 0 Å². The number of rotatable bonds is 7. The lowest BCUT2D eigenvalue weighted by Crippen LogP contribution is -2.33. The van der Waals surface area contributed by atoms with Crippen LogP contribution in [0.2, 0.25) is 5.02 Å². The van der Waals surface area contributed by atoms with Gasteiger partial charge in [0.2, 0.25) is 0 Å². The monoisotopic (exact) mass is 389 g/mol. The van der Waals surface area contributed by atoms with Crippen LogP contribution in [0, 0.1) is 5.82 Å². The minimum atomic E-state index is -0.288. The number of benzene rings is 1. The second kappa shape index (κ2) is 8.28. The molecule has 0 radical (unpaired) electrons. The average Bonchev–Trinajstić information content (AvgIpc) is 2.84. The van der Waals surface area contributed by atoms with Gasteiger partial charge in [0.1, 0.15) is 5.82 Å². The first-order valence-corrected chi connectivity index (χ1v) is 9.03. The molecule has 0 saturated heterocycles. The highest BCUT2D eigenvalue weighted by Crippen LogP contribution is 2.24. The number of nitrogens with one attached hydrogen (secondary N) is 1. The van der Waals surface area contributed by atoms with Crippen LogP contribution in [-0.4, -0.2) is 12.6 Å². The largest absolute Gasteiger partial charge is 0.313 e. The molecule has 21 heavy (non-hydrogen) atoms. The van der Waals surface area contributed by atoms with Crippen molar-refractivity contribution >= 4 is 38.9 Å². The van der Waals surface area contributed by atoms with Crippen LogP contribution in [-0.2, 0) is 12.8 Å². The lowest BCUT2D eigenvalue weighted by atomic mass is 10.0. The highest BCUT2D eigenvalue weighted by atomic mass is 79.9. The summed E-state index contributed by atoms with van der Waals surface area (Å²) in [6, 6.07) is 7.09. The first-order valence-electron chi connectivity index (χ1n) is 6.98. The van der Waals surface area contributed by atoms with Gasteiger partial charge < -0.3 is 5.32 Å². The maximum Gasteiger partial charge on any atom is 0.124 e. The second-order valence-corrected chi connectivity index (χ2v) is 7.34. The van der Waals surface area contributed by atoms with Crippen molar-refractivity contribution in [1.82, 2.24) is 5.32 Å². The molecule has 1 N–H and O–H groups in total. The maximum absolute atomic E-state index is 13.1. The summed E-state index contributed by atoms with van der Waals surface area (Å²) in [5, 5.41) is 6.16. The molecule has 2 rings (SSSR count). The van der Waals surface area contributed by atoms with E-state index in [0.29, 0.717) is 11.1 Å². The molecule has 1 aromatic heterocycles. The van der Waals surface area contributed by atoms with Gasteiger partial charge >= 0.3 is 0 Å². The molecule has 0 amide bonds. The number of hydrogen-bond acceptors (Lipinski definition) is 2. The lowest BCUT2D eigenvalue weighted by molar-refractivity contribution is 0.507. The Hall–Kier alpha value is -0.420. The number of thiophene rings is 1. The van der Waals surface area contributed by atoms with E-state index in [0.717, 1.165) is 35.8 Å². The molecule has 0 fully saturated rings. The molecule has 2 aromatic rings. The Kier molecular flexibility index (Phi) is 6.68. The van der Waals surface area contributed by atoms with Crippen molar-refractivity contribution in [3.8, 4) is 0 Å². The van der Waals surface area contributed by atoms with E-state index in [4.69, 9.17) is 11.6 Å². The van der Waals surface area contributed by atoms with Crippen LogP contribution < -0.4 is 5.32 Å². The Morgan fingerprint density at radius 1 is 1.33 bits per heavy atom. The zero-order valence-electron chi connectivity index (χ0n) is 11.8. The van der Waals surface area contributed by atoms with E-state index >= 15 is 0 Å². The van der Waals surface area contributed by atoms with Crippen LogP contribution >= 0.6 is 38.9 Å². The molecule has 0 aliphatic rings. The van der Waals surface area contributed by atoms with Crippen LogP contribution in [0.5, 0.6) is 0 Å². The first-order chi connectivity index (χ1) is 10.1. The van der Waals surface area contributed by atoms with Crippen LogP contribution in [0.1, 0.15) is 23.8 Å². The molecule has 1 unspecified atom stereocenters. The van der Waals surface area contributed by atoms with Gasteiger partial charge in [-0.3, -0.25) is 0 Å². The Bertz CT molecular complexity index is 587. The molecule has 0 aliphatic carbocycles. The van der Waals surface area contributed by atoms with Crippen LogP contribution in [0.3, 0.4) is 0 Å². The van der Waals surface area contributed by atoms with Crippen molar-refractivity contribution in [2.24, 2.45) is 0 Å². The predicted molar refractivity (Wildman–Crippen MR) is 92.9 cm³/mol. The van der Waals surface area contributed by atoms with Crippen molar-refractivity contribution in [1.29, 1.82) is 0 Å².